The fourth-order valence-corrected chi connectivity index (χ4v) is 5.49. The summed E-state index contributed by atoms with van der Waals surface area (Å²) in [7, 11) is 1.75. The molecule has 3 aliphatic heterocycles. The van der Waals surface area contributed by atoms with Gasteiger partial charge < -0.3 is 19.9 Å². The lowest BCUT2D eigenvalue weighted by Gasteiger charge is -2.43. The molecule has 8 nitrogen and oxygen atoms in total. The number of methoxy groups -OCH3 is 1. The summed E-state index contributed by atoms with van der Waals surface area (Å²) in [6.07, 6.45) is 5.14. The van der Waals surface area contributed by atoms with E-state index in [1.165, 1.54) is 6.42 Å². The van der Waals surface area contributed by atoms with E-state index >= 15 is 0 Å². The second-order valence-electron chi connectivity index (χ2n) is 8.91. The maximum Gasteiger partial charge on any atom is 0.255 e. The fraction of sp³-hybridized carbons (Fsp3) is 0.591. The molecule has 5 heterocycles. The monoisotopic (exact) mass is 410 g/mol. The van der Waals surface area contributed by atoms with Crippen molar-refractivity contribution in [2.24, 2.45) is 5.92 Å². The van der Waals surface area contributed by atoms with Crippen LogP contribution in [0.3, 0.4) is 0 Å². The predicted octanol–water partition coefficient (Wildman–Crippen LogP) is 1.45. The standard InChI is InChI=1S/C22H30N6O2/c1-30-14-18-3-2-8-26(18)12-16-4-5-19-17-9-15(11-28(19)21(16)29)10-27(13-17)22-24-7-6-20(23)25-22/h4-7,15,17-18H,2-3,8-14H2,1H3,(H2,23,24,25)/t15-,17+,18-/m0/s1. The van der Waals surface area contributed by atoms with Crippen LogP contribution in [-0.2, 0) is 17.8 Å². The quantitative estimate of drug-likeness (QED) is 0.798. The lowest BCUT2D eigenvalue weighted by Crippen LogP contribution is -2.48. The molecule has 2 bridgehead atoms. The molecule has 0 amide bonds. The van der Waals surface area contributed by atoms with Gasteiger partial charge in [-0.2, -0.15) is 4.98 Å². The summed E-state index contributed by atoms with van der Waals surface area (Å²) in [6, 6.07) is 6.35. The van der Waals surface area contributed by atoms with Crippen LogP contribution < -0.4 is 16.2 Å². The largest absolute Gasteiger partial charge is 0.384 e. The average Bonchev–Trinajstić information content (AvgIpc) is 3.17. The van der Waals surface area contributed by atoms with Crippen LogP contribution in [0.1, 0.15) is 36.4 Å². The van der Waals surface area contributed by atoms with Crippen molar-refractivity contribution in [1.82, 2.24) is 19.4 Å². The number of nitrogens with two attached hydrogens (primary N) is 1. The molecule has 0 unspecified atom stereocenters. The molecule has 0 aliphatic carbocycles. The lowest BCUT2D eigenvalue weighted by atomic mass is 9.83. The van der Waals surface area contributed by atoms with Crippen molar-refractivity contribution in [3.05, 3.63) is 46.0 Å². The number of likely N-dealkylation sites (tertiary alicyclic amines) is 1. The molecule has 30 heavy (non-hydrogen) atoms. The van der Waals surface area contributed by atoms with Gasteiger partial charge >= 0.3 is 0 Å². The molecule has 8 heteroatoms. The van der Waals surface area contributed by atoms with Gasteiger partial charge in [-0.15, -0.1) is 0 Å². The zero-order chi connectivity index (χ0) is 20.7. The van der Waals surface area contributed by atoms with E-state index in [0.717, 1.165) is 56.9 Å². The van der Waals surface area contributed by atoms with Crippen LogP contribution in [0.2, 0.25) is 0 Å². The number of nitrogens with zero attached hydrogens (tertiary/aromatic N) is 5. The highest BCUT2D eigenvalue weighted by molar-refractivity contribution is 5.40. The van der Waals surface area contributed by atoms with Gasteiger partial charge in [0.15, 0.2) is 0 Å². The van der Waals surface area contributed by atoms with Crippen molar-refractivity contribution in [3.8, 4) is 0 Å². The summed E-state index contributed by atoms with van der Waals surface area (Å²) >= 11 is 0. The van der Waals surface area contributed by atoms with E-state index in [1.54, 1.807) is 19.4 Å². The predicted molar refractivity (Wildman–Crippen MR) is 116 cm³/mol. The fourth-order valence-electron chi connectivity index (χ4n) is 5.49. The van der Waals surface area contributed by atoms with Gasteiger partial charge in [0.2, 0.25) is 5.95 Å². The summed E-state index contributed by atoms with van der Waals surface area (Å²) in [5.74, 6) is 1.92. The Hall–Kier alpha value is -2.45. The number of pyridine rings is 1. The summed E-state index contributed by atoms with van der Waals surface area (Å²) < 4.78 is 7.41. The van der Waals surface area contributed by atoms with E-state index in [1.807, 2.05) is 10.6 Å². The molecule has 160 valence electrons. The SMILES string of the molecule is COC[C@@H]1CCCN1Cc1ccc2n(c1=O)C[C@H]1C[C@@H]2CN(c2nccc(N)n2)C1. The van der Waals surface area contributed by atoms with E-state index in [2.05, 4.69) is 25.8 Å². The van der Waals surface area contributed by atoms with Crippen LogP contribution in [0.15, 0.2) is 29.2 Å². The van der Waals surface area contributed by atoms with Gasteiger partial charge in [-0.3, -0.25) is 9.69 Å². The highest BCUT2D eigenvalue weighted by Crippen LogP contribution is 2.36. The van der Waals surface area contributed by atoms with Crippen molar-refractivity contribution in [3.63, 3.8) is 0 Å². The average molecular weight is 411 g/mol. The van der Waals surface area contributed by atoms with Crippen LogP contribution in [-0.4, -0.2) is 58.8 Å². The zero-order valence-corrected chi connectivity index (χ0v) is 17.5. The van der Waals surface area contributed by atoms with Gasteiger partial charge in [0.1, 0.15) is 5.82 Å². The molecule has 0 saturated carbocycles. The first kappa shape index (κ1) is 19.5. The normalized spacial score (nSPS) is 26.0. The number of aromatic nitrogens is 3. The van der Waals surface area contributed by atoms with E-state index in [0.29, 0.717) is 36.2 Å². The van der Waals surface area contributed by atoms with Gasteiger partial charge in [0.05, 0.1) is 6.61 Å². The number of ether oxygens (including phenoxy) is 1. The Morgan fingerprint density at radius 1 is 1.23 bits per heavy atom. The van der Waals surface area contributed by atoms with Crippen LogP contribution >= 0.6 is 0 Å². The zero-order valence-electron chi connectivity index (χ0n) is 17.5. The number of piperidine rings is 1. The maximum atomic E-state index is 13.3. The van der Waals surface area contributed by atoms with E-state index in [-0.39, 0.29) is 5.56 Å². The number of rotatable bonds is 5. The first-order valence-corrected chi connectivity index (χ1v) is 10.9. The highest BCUT2D eigenvalue weighted by Gasteiger charge is 2.36. The van der Waals surface area contributed by atoms with Crippen molar-refractivity contribution in [2.75, 3.05) is 44.0 Å². The number of anilines is 2. The number of nitrogen functional groups attached to an aromatic ring is 1. The number of fused-ring (bicyclic) bond motifs is 4. The van der Waals surface area contributed by atoms with E-state index < -0.39 is 0 Å². The van der Waals surface area contributed by atoms with Crippen LogP contribution in [0.5, 0.6) is 0 Å². The Labute approximate surface area is 176 Å². The maximum absolute atomic E-state index is 13.3. The summed E-state index contributed by atoms with van der Waals surface area (Å²) in [6.45, 7) is 4.93. The third-order valence-corrected chi connectivity index (χ3v) is 6.86. The number of hydrogen-bond acceptors (Lipinski definition) is 7. The van der Waals surface area contributed by atoms with Gasteiger partial charge in [-0.25, -0.2) is 4.98 Å². The van der Waals surface area contributed by atoms with Crippen molar-refractivity contribution < 1.29 is 4.74 Å². The van der Waals surface area contributed by atoms with Gasteiger partial charge in [-0.1, -0.05) is 6.07 Å². The first-order valence-electron chi connectivity index (χ1n) is 10.9. The van der Waals surface area contributed by atoms with Crippen molar-refractivity contribution >= 4 is 11.8 Å². The summed E-state index contributed by atoms with van der Waals surface area (Å²) in [5, 5.41) is 0. The van der Waals surface area contributed by atoms with Gasteiger partial charge in [-0.05, 0) is 43.9 Å². The molecule has 2 aromatic heterocycles. The van der Waals surface area contributed by atoms with Crippen LogP contribution in [0.4, 0.5) is 11.8 Å². The Morgan fingerprint density at radius 3 is 2.97 bits per heavy atom. The molecular weight excluding hydrogens is 380 g/mol. The minimum Gasteiger partial charge on any atom is -0.384 e. The van der Waals surface area contributed by atoms with Crippen molar-refractivity contribution in [1.29, 1.82) is 0 Å². The molecular formula is C22H30N6O2. The van der Waals surface area contributed by atoms with Crippen molar-refractivity contribution in [2.45, 2.75) is 44.3 Å². The minimum absolute atomic E-state index is 0.180. The molecule has 2 aromatic rings. The molecule has 2 N–H and O–H groups in total. The topological polar surface area (TPSA) is 89.5 Å². The molecule has 3 atom stereocenters. The lowest BCUT2D eigenvalue weighted by molar-refractivity contribution is 0.111. The first-order chi connectivity index (χ1) is 14.6. The van der Waals surface area contributed by atoms with Crippen LogP contribution in [0.25, 0.3) is 0 Å². The van der Waals surface area contributed by atoms with Crippen LogP contribution in [0, 0.1) is 5.92 Å². The Morgan fingerprint density at radius 2 is 2.13 bits per heavy atom. The summed E-state index contributed by atoms with van der Waals surface area (Å²) in [4.78, 5) is 26.8. The Balaban J connectivity index is 1.38. The van der Waals surface area contributed by atoms with E-state index in [9.17, 15) is 4.79 Å². The molecule has 0 aromatic carbocycles. The van der Waals surface area contributed by atoms with E-state index in [4.69, 9.17) is 10.5 Å². The second-order valence-corrected chi connectivity index (χ2v) is 8.91. The molecule has 3 aliphatic rings. The molecule has 5 rings (SSSR count). The number of hydrogen-bond donors (Lipinski definition) is 1. The highest BCUT2D eigenvalue weighted by atomic mass is 16.5. The minimum atomic E-state index is 0.180. The third kappa shape index (κ3) is 3.58. The molecule has 2 fully saturated rings. The molecule has 0 radical (unpaired) electrons. The smallest absolute Gasteiger partial charge is 0.255 e. The summed E-state index contributed by atoms with van der Waals surface area (Å²) in [5.41, 5.74) is 8.08. The van der Waals surface area contributed by atoms with Gasteiger partial charge in [0.25, 0.3) is 5.56 Å². The Kier molecular flexibility index (Phi) is 5.20. The second kappa shape index (κ2) is 8.00. The molecule has 0 spiro atoms. The Bertz CT molecular complexity index is 976. The third-order valence-electron chi connectivity index (χ3n) is 6.86. The van der Waals surface area contributed by atoms with Gasteiger partial charge in [0, 0.05) is 62.7 Å². The molecule has 2 saturated heterocycles.